The fourth-order valence-electron chi connectivity index (χ4n) is 17.0. The number of fused-ring (bicyclic) bond motifs is 18. The number of para-hydroxylation sites is 4. The van der Waals surface area contributed by atoms with Gasteiger partial charge in [-0.1, -0.05) is 309 Å². The topological polar surface area (TPSA) is 16.3 Å². The van der Waals surface area contributed by atoms with Crippen molar-refractivity contribution in [3.05, 3.63) is 436 Å². The van der Waals surface area contributed by atoms with Crippen LogP contribution in [0, 0.1) is 0 Å². The second-order valence-corrected chi connectivity index (χ2v) is 28.5. The number of rotatable bonds is 11. The first-order chi connectivity index (χ1) is 63.3. The summed E-state index contributed by atoms with van der Waals surface area (Å²) >= 11 is 0. The number of hydrogen-bond donors (Lipinski definition) is 0. The number of nitrogens with zero attached hydrogens (tertiary/aromatic N) is 4. The zero-order valence-electron chi connectivity index (χ0n) is 77.1. The van der Waals surface area contributed by atoms with Crippen molar-refractivity contribution in [2.75, 3.05) is 9.80 Å². The molecule has 0 aliphatic heterocycles. The van der Waals surface area contributed by atoms with Gasteiger partial charge in [0.25, 0.3) is 0 Å². The van der Waals surface area contributed by atoms with E-state index in [1.165, 1.54) is 9.80 Å². The Bertz CT molecular complexity index is 8640. The summed E-state index contributed by atoms with van der Waals surface area (Å²) in [5.41, 5.74) is 6.29. The van der Waals surface area contributed by atoms with Gasteiger partial charge in [0.15, 0.2) is 0 Å². The number of benzene rings is 21. The van der Waals surface area contributed by atoms with Crippen molar-refractivity contribution in [2.45, 2.75) is 0 Å². The SMILES string of the molecule is [2H]c1c([2H])c(N(c2c([2H])c([2H])c(-c3cc4ccccc4c4ccccc34)c([2H])c2[2H])c2cc3ccccc3c3ccccc23)c([2H])c([2H])c1-c1ccc2c(c1)c1ccccc1n2-c1ccccc1.[2H]c1c([2H])c(N(c2c([2H])c([2H])c(-n3c4ccccc4c4ccccc43)c([2H])c2[2H])c2cc3ccccc3c3ccccc23)c([2H])c([2H])c1-c1cc2ccccc2c2ccccc12. The van der Waals surface area contributed by atoms with Crippen molar-refractivity contribution in [1.82, 2.24) is 9.13 Å². The minimum absolute atomic E-state index is 0.0579. The van der Waals surface area contributed by atoms with Crippen LogP contribution in [0.1, 0.15) is 21.9 Å². The first-order valence-electron chi connectivity index (χ1n) is 46.0. The van der Waals surface area contributed by atoms with Crippen LogP contribution in [0.4, 0.5) is 34.1 Å². The van der Waals surface area contributed by atoms with E-state index >= 15 is 0 Å². The van der Waals surface area contributed by atoms with Gasteiger partial charge in [0, 0.05) is 66.4 Å². The van der Waals surface area contributed by atoms with Gasteiger partial charge in [-0.2, -0.15) is 0 Å². The summed E-state index contributed by atoms with van der Waals surface area (Å²) in [6.45, 7) is 0. The lowest BCUT2D eigenvalue weighted by atomic mass is 9.93. The highest BCUT2D eigenvalue weighted by Gasteiger charge is 2.23. The molecule has 0 bridgehead atoms. The van der Waals surface area contributed by atoms with Crippen molar-refractivity contribution < 1.29 is 21.9 Å². The van der Waals surface area contributed by atoms with Crippen LogP contribution in [0.2, 0.25) is 0 Å². The van der Waals surface area contributed by atoms with Gasteiger partial charge in [0.1, 0.15) is 0 Å². The molecule has 0 fully saturated rings. The fraction of sp³-hybridized carbons (Fsp3) is 0. The van der Waals surface area contributed by atoms with Crippen LogP contribution in [0.15, 0.2) is 436 Å². The Morgan fingerprint density at radius 1 is 0.175 bits per heavy atom. The van der Waals surface area contributed by atoms with Crippen molar-refractivity contribution in [3.8, 4) is 44.8 Å². The molecular formula is C110H72N4. The maximum absolute atomic E-state index is 9.88. The summed E-state index contributed by atoms with van der Waals surface area (Å²) in [6.07, 6.45) is 0. The van der Waals surface area contributed by atoms with Crippen LogP contribution in [0.5, 0.6) is 0 Å². The van der Waals surface area contributed by atoms with Gasteiger partial charge in [-0.15, -0.1) is 0 Å². The molecule has 0 aliphatic rings. The minimum Gasteiger partial charge on any atom is -0.310 e. The van der Waals surface area contributed by atoms with Crippen molar-refractivity contribution in [2.24, 2.45) is 0 Å². The van der Waals surface area contributed by atoms with Crippen molar-refractivity contribution in [3.63, 3.8) is 0 Å². The van der Waals surface area contributed by atoms with Gasteiger partial charge in [0.2, 0.25) is 0 Å². The molecule has 0 N–H and O–H groups in total. The average Bonchev–Trinajstić information content (AvgIpc) is 1.11. The average molecular weight is 1470 g/mol. The van der Waals surface area contributed by atoms with Gasteiger partial charge in [-0.25, -0.2) is 0 Å². The highest BCUT2D eigenvalue weighted by molar-refractivity contribution is 6.19. The molecule has 21 aromatic carbocycles. The largest absolute Gasteiger partial charge is 0.310 e. The molecular weight excluding hydrogens is 1380 g/mol. The van der Waals surface area contributed by atoms with Crippen LogP contribution in [0.3, 0.4) is 0 Å². The van der Waals surface area contributed by atoms with E-state index in [0.29, 0.717) is 38.8 Å². The summed E-state index contributed by atoms with van der Waals surface area (Å²) in [5, 5.41) is 17.3. The number of hydrogen-bond acceptors (Lipinski definition) is 2. The summed E-state index contributed by atoms with van der Waals surface area (Å²) in [7, 11) is 0. The first-order valence-corrected chi connectivity index (χ1v) is 38.0. The lowest BCUT2D eigenvalue weighted by Gasteiger charge is -2.28. The van der Waals surface area contributed by atoms with Gasteiger partial charge in [0.05, 0.1) is 55.4 Å². The van der Waals surface area contributed by atoms with E-state index in [-0.39, 0.29) is 106 Å². The van der Waals surface area contributed by atoms with E-state index in [0.717, 1.165) is 125 Å². The predicted molar refractivity (Wildman–Crippen MR) is 487 cm³/mol. The molecule has 114 heavy (non-hydrogen) atoms. The molecule has 2 heterocycles. The molecule has 0 aliphatic carbocycles. The Morgan fingerprint density at radius 2 is 0.456 bits per heavy atom. The van der Waals surface area contributed by atoms with E-state index in [9.17, 15) is 21.9 Å². The first kappa shape index (κ1) is 51.3. The molecule has 4 nitrogen and oxygen atoms in total. The lowest BCUT2D eigenvalue weighted by Crippen LogP contribution is -2.11. The lowest BCUT2D eigenvalue weighted by molar-refractivity contribution is 1.17. The predicted octanol–water partition coefficient (Wildman–Crippen LogP) is 30.7. The monoisotopic (exact) mass is 1460 g/mol. The van der Waals surface area contributed by atoms with Crippen molar-refractivity contribution >= 4 is 164 Å². The van der Waals surface area contributed by atoms with E-state index in [1.807, 2.05) is 334 Å². The summed E-state index contributed by atoms with van der Waals surface area (Å²) in [5.74, 6) is 0. The van der Waals surface area contributed by atoms with E-state index in [4.69, 9.17) is 0 Å². The van der Waals surface area contributed by atoms with Gasteiger partial charge < -0.3 is 18.9 Å². The third-order valence-corrected chi connectivity index (χ3v) is 22.2. The maximum atomic E-state index is 9.88. The van der Waals surface area contributed by atoms with E-state index in [2.05, 4.69) is 10.6 Å². The molecule has 0 atom stereocenters. The normalized spacial score (nSPS) is 13.6. The van der Waals surface area contributed by atoms with Crippen LogP contribution < -0.4 is 9.80 Å². The fourth-order valence-corrected chi connectivity index (χ4v) is 17.0. The Balaban J connectivity index is 0.000000153. The van der Waals surface area contributed by atoms with Gasteiger partial charge >= 0.3 is 0 Å². The van der Waals surface area contributed by atoms with E-state index < -0.39 is 36.3 Å². The molecule has 0 saturated carbocycles. The minimum atomic E-state index is -0.401. The zero-order valence-corrected chi connectivity index (χ0v) is 61.1. The summed E-state index contributed by atoms with van der Waals surface area (Å²) in [6, 6.07) is 103. The van der Waals surface area contributed by atoms with Crippen LogP contribution in [0.25, 0.3) is 175 Å². The third-order valence-electron chi connectivity index (χ3n) is 22.2. The Kier molecular flexibility index (Phi) is 12.4. The number of anilines is 6. The molecule has 532 valence electrons. The highest BCUT2D eigenvalue weighted by Crippen LogP contribution is 2.48. The molecule has 23 rings (SSSR count). The molecule has 0 radical (unpaired) electrons. The smallest absolute Gasteiger partial charge is 0.0646 e. The molecule has 0 saturated heterocycles. The van der Waals surface area contributed by atoms with Crippen LogP contribution in [-0.4, -0.2) is 9.13 Å². The number of aromatic nitrogens is 2. The highest BCUT2D eigenvalue weighted by atomic mass is 15.2. The Labute approximate surface area is 682 Å². The summed E-state index contributed by atoms with van der Waals surface area (Å²) in [4.78, 5) is 2.85. The Hall–Kier alpha value is -15.1. The summed E-state index contributed by atoms with van der Waals surface area (Å²) < 4.78 is 160. The second kappa shape index (κ2) is 27.5. The van der Waals surface area contributed by atoms with Crippen LogP contribution >= 0.6 is 0 Å². The molecule has 0 spiro atoms. The second-order valence-electron chi connectivity index (χ2n) is 28.5. The van der Waals surface area contributed by atoms with Crippen LogP contribution in [-0.2, 0) is 0 Å². The van der Waals surface area contributed by atoms with Gasteiger partial charge in [-0.3, -0.25) is 0 Å². The molecule has 23 aromatic rings. The maximum Gasteiger partial charge on any atom is 0.0646 e. The van der Waals surface area contributed by atoms with Gasteiger partial charge in [-0.05, 0) is 236 Å². The quantitative estimate of drug-likeness (QED) is 0.120. The third kappa shape index (κ3) is 11.1. The molecule has 4 heteroatoms. The Morgan fingerprint density at radius 3 is 0.860 bits per heavy atom. The van der Waals surface area contributed by atoms with Crippen molar-refractivity contribution in [1.29, 1.82) is 0 Å². The molecule has 2 aromatic heterocycles. The standard InChI is InChI=1S/C58H38N2.C52H34N2/c1-2-16-44(17-3-1)60-56-25-13-12-24-53(56)55-36-41(30-35-57(55)60)39-26-31-45(32-27-39)59(58-38-43-15-5-7-19-48(43)50-21-10-11-23-52(50)58)46-33-28-40(29-34-46)54-37-42-14-4-6-18-47(42)49-20-8-9-22-51(49)54;1-3-15-41-36(13-1)33-49(45-19-6-5-17-43(41)45)35-25-27-38(28-26-35)53(52-34-37-14-2-4-16-42(37)44-18-7-8-20-46(44)52)39-29-31-40(32-30-39)54-50-23-11-9-21-47(50)48-22-10-12-24-51(48)54/h1-38H;1-34H/i26D,27D,28D,29D,31D,32D,33D,34D;25D,26D,27D,28D,29D,30D,31D,32D. The molecule has 0 unspecified atom stereocenters. The molecule has 0 amide bonds. The van der Waals surface area contributed by atoms with E-state index in [1.54, 1.807) is 4.57 Å². The zero-order chi connectivity index (χ0) is 89.1.